The van der Waals surface area contributed by atoms with Gasteiger partial charge in [-0.25, -0.2) is 8.42 Å². The fourth-order valence-electron chi connectivity index (χ4n) is 1.68. The number of ether oxygens (including phenoxy) is 2. The van der Waals surface area contributed by atoms with Crippen LogP contribution in [0, 0.1) is 0 Å². The minimum Gasteiger partial charge on any atom is -0.490 e. The van der Waals surface area contributed by atoms with Crippen molar-refractivity contribution in [3.63, 3.8) is 0 Å². The Hall–Kier alpha value is -1.27. The summed E-state index contributed by atoms with van der Waals surface area (Å²) in [6, 6.07) is 4.69. The van der Waals surface area contributed by atoms with E-state index in [9.17, 15) is 8.42 Å². The van der Waals surface area contributed by atoms with Crippen LogP contribution in [-0.2, 0) is 9.84 Å². The third-order valence-corrected chi connectivity index (χ3v) is 5.07. The van der Waals surface area contributed by atoms with Crippen molar-refractivity contribution < 1.29 is 17.9 Å². The molecule has 100 valence electrons. The van der Waals surface area contributed by atoms with Gasteiger partial charge in [-0.05, 0) is 19.1 Å². The number of fused-ring (bicyclic) bond motifs is 1. The van der Waals surface area contributed by atoms with Crippen molar-refractivity contribution in [3.8, 4) is 11.5 Å². The van der Waals surface area contributed by atoms with E-state index in [0.29, 0.717) is 24.7 Å². The van der Waals surface area contributed by atoms with E-state index in [1.807, 2.05) is 0 Å². The standard InChI is InChI=1S/C12H17NO4S/c1-9(8-13)18(14,15)10-3-4-11-12(7-10)17-6-2-5-16-11/h3-4,7,9H,2,5-6,8,13H2,1H3. The lowest BCUT2D eigenvalue weighted by Gasteiger charge is -2.13. The van der Waals surface area contributed by atoms with Crippen LogP contribution in [0.3, 0.4) is 0 Å². The summed E-state index contributed by atoms with van der Waals surface area (Å²) in [4.78, 5) is 0.227. The summed E-state index contributed by atoms with van der Waals surface area (Å²) in [5.41, 5.74) is 5.42. The van der Waals surface area contributed by atoms with E-state index in [1.165, 1.54) is 12.1 Å². The fourth-order valence-corrected chi connectivity index (χ4v) is 2.93. The first kappa shape index (κ1) is 13.2. The molecule has 0 saturated carbocycles. The van der Waals surface area contributed by atoms with E-state index in [1.54, 1.807) is 13.0 Å². The van der Waals surface area contributed by atoms with Gasteiger partial charge in [-0.15, -0.1) is 0 Å². The summed E-state index contributed by atoms with van der Waals surface area (Å²) in [7, 11) is -3.39. The average molecular weight is 271 g/mol. The fraction of sp³-hybridized carbons (Fsp3) is 0.500. The highest BCUT2D eigenvalue weighted by Crippen LogP contribution is 2.32. The quantitative estimate of drug-likeness (QED) is 0.886. The maximum Gasteiger partial charge on any atom is 0.182 e. The third-order valence-electron chi connectivity index (χ3n) is 2.91. The van der Waals surface area contributed by atoms with E-state index in [2.05, 4.69) is 0 Å². The molecule has 2 rings (SSSR count). The molecular weight excluding hydrogens is 254 g/mol. The second-order valence-corrected chi connectivity index (χ2v) is 6.62. The number of nitrogens with two attached hydrogens (primary N) is 1. The molecule has 0 radical (unpaired) electrons. The molecule has 0 bridgehead atoms. The lowest BCUT2D eigenvalue weighted by molar-refractivity contribution is 0.297. The van der Waals surface area contributed by atoms with E-state index in [4.69, 9.17) is 15.2 Å². The normalized spacial score (nSPS) is 17.0. The molecule has 1 atom stereocenters. The molecule has 1 aromatic rings. The van der Waals surface area contributed by atoms with Crippen molar-refractivity contribution in [2.45, 2.75) is 23.5 Å². The highest BCUT2D eigenvalue weighted by molar-refractivity contribution is 7.92. The van der Waals surface area contributed by atoms with Crippen molar-refractivity contribution in [2.24, 2.45) is 5.73 Å². The molecule has 18 heavy (non-hydrogen) atoms. The van der Waals surface area contributed by atoms with Gasteiger partial charge in [0.15, 0.2) is 21.3 Å². The second kappa shape index (κ2) is 5.16. The van der Waals surface area contributed by atoms with E-state index in [-0.39, 0.29) is 11.4 Å². The van der Waals surface area contributed by atoms with Crippen molar-refractivity contribution in [3.05, 3.63) is 18.2 Å². The molecule has 0 fully saturated rings. The minimum atomic E-state index is -3.39. The van der Waals surface area contributed by atoms with E-state index < -0.39 is 15.1 Å². The van der Waals surface area contributed by atoms with Gasteiger partial charge in [-0.2, -0.15) is 0 Å². The van der Waals surface area contributed by atoms with Gasteiger partial charge in [0.2, 0.25) is 0 Å². The number of rotatable bonds is 3. The van der Waals surface area contributed by atoms with Crippen molar-refractivity contribution in [2.75, 3.05) is 19.8 Å². The highest BCUT2D eigenvalue weighted by Gasteiger charge is 2.24. The molecule has 0 aliphatic carbocycles. The first-order valence-electron chi connectivity index (χ1n) is 5.89. The average Bonchev–Trinajstić information content (AvgIpc) is 2.61. The minimum absolute atomic E-state index is 0.0940. The maximum atomic E-state index is 12.2. The lowest BCUT2D eigenvalue weighted by Crippen LogP contribution is -2.26. The SMILES string of the molecule is CC(CN)S(=O)(=O)c1ccc2c(c1)OCCCO2. The summed E-state index contributed by atoms with van der Waals surface area (Å²) < 4.78 is 35.3. The Morgan fingerprint density at radius 3 is 2.61 bits per heavy atom. The van der Waals surface area contributed by atoms with Gasteiger partial charge in [0.25, 0.3) is 0 Å². The lowest BCUT2D eigenvalue weighted by atomic mass is 10.3. The molecule has 1 unspecified atom stereocenters. The molecule has 0 saturated heterocycles. The van der Waals surface area contributed by atoms with Gasteiger partial charge < -0.3 is 15.2 Å². The van der Waals surface area contributed by atoms with Crippen LogP contribution in [0.25, 0.3) is 0 Å². The predicted octanol–water partition coefficient (Wildman–Crippen LogP) is 0.969. The van der Waals surface area contributed by atoms with Crippen LogP contribution in [0.1, 0.15) is 13.3 Å². The van der Waals surface area contributed by atoms with Gasteiger partial charge in [-0.1, -0.05) is 0 Å². The van der Waals surface area contributed by atoms with Crippen LogP contribution in [0.4, 0.5) is 0 Å². The first-order chi connectivity index (χ1) is 8.55. The van der Waals surface area contributed by atoms with Gasteiger partial charge >= 0.3 is 0 Å². The predicted molar refractivity (Wildman–Crippen MR) is 67.8 cm³/mol. The van der Waals surface area contributed by atoms with Crippen LogP contribution in [0.15, 0.2) is 23.1 Å². The molecule has 1 aliphatic heterocycles. The molecule has 0 aromatic heterocycles. The van der Waals surface area contributed by atoms with Crippen LogP contribution in [-0.4, -0.2) is 33.4 Å². The van der Waals surface area contributed by atoms with Gasteiger partial charge in [0.1, 0.15) is 0 Å². The monoisotopic (exact) mass is 271 g/mol. The Labute approximate surface area is 107 Å². The Kier molecular flexibility index (Phi) is 3.77. The van der Waals surface area contributed by atoms with Gasteiger partial charge in [0.05, 0.1) is 23.4 Å². The number of hydrogen-bond donors (Lipinski definition) is 1. The zero-order chi connectivity index (χ0) is 13.2. The molecule has 0 amide bonds. The maximum absolute atomic E-state index is 12.2. The van der Waals surface area contributed by atoms with E-state index in [0.717, 1.165) is 6.42 Å². The van der Waals surface area contributed by atoms with Crippen molar-refractivity contribution in [1.29, 1.82) is 0 Å². The molecule has 6 heteroatoms. The van der Waals surface area contributed by atoms with Gasteiger partial charge in [-0.3, -0.25) is 0 Å². The van der Waals surface area contributed by atoms with Crippen molar-refractivity contribution >= 4 is 9.84 Å². The highest BCUT2D eigenvalue weighted by atomic mass is 32.2. The Morgan fingerprint density at radius 2 is 1.94 bits per heavy atom. The smallest absolute Gasteiger partial charge is 0.182 e. The summed E-state index contributed by atoms with van der Waals surface area (Å²) in [5, 5.41) is -0.609. The van der Waals surface area contributed by atoms with E-state index >= 15 is 0 Å². The van der Waals surface area contributed by atoms with Crippen LogP contribution in [0.5, 0.6) is 11.5 Å². The molecule has 5 nitrogen and oxygen atoms in total. The number of benzene rings is 1. The van der Waals surface area contributed by atoms with Crippen LogP contribution in [0.2, 0.25) is 0 Å². The summed E-state index contributed by atoms with van der Waals surface area (Å²) in [5.74, 6) is 1.07. The largest absolute Gasteiger partial charge is 0.490 e. The number of hydrogen-bond acceptors (Lipinski definition) is 5. The summed E-state index contributed by atoms with van der Waals surface area (Å²) >= 11 is 0. The molecule has 1 heterocycles. The molecular formula is C12H17NO4S. The Balaban J connectivity index is 2.39. The van der Waals surface area contributed by atoms with Crippen LogP contribution < -0.4 is 15.2 Å². The summed E-state index contributed by atoms with van der Waals surface area (Å²) in [6.07, 6.45) is 0.788. The van der Waals surface area contributed by atoms with Gasteiger partial charge in [0, 0.05) is 19.0 Å². The zero-order valence-corrected chi connectivity index (χ0v) is 11.1. The molecule has 2 N–H and O–H groups in total. The molecule has 1 aromatic carbocycles. The van der Waals surface area contributed by atoms with Crippen LogP contribution >= 0.6 is 0 Å². The van der Waals surface area contributed by atoms with Crippen molar-refractivity contribution in [1.82, 2.24) is 0 Å². The summed E-state index contributed by atoms with van der Waals surface area (Å²) in [6.45, 7) is 2.80. The molecule has 0 spiro atoms. The number of sulfone groups is 1. The second-order valence-electron chi connectivity index (χ2n) is 4.25. The Morgan fingerprint density at radius 1 is 1.28 bits per heavy atom. The Bertz CT molecular complexity index is 527. The first-order valence-corrected chi connectivity index (χ1v) is 7.44. The topological polar surface area (TPSA) is 78.6 Å². The third kappa shape index (κ3) is 2.44. The molecule has 1 aliphatic rings. The zero-order valence-electron chi connectivity index (χ0n) is 10.3.